The summed E-state index contributed by atoms with van der Waals surface area (Å²) in [6.45, 7) is 0.140. The minimum Gasteiger partial charge on any atom is -0.309 e. The Morgan fingerprint density at radius 3 is 1.19 bits per heavy atom. The van der Waals surface area contributed by atoms with Crippen LogP contribution in [0, 0.1) is 0 Å². The average molecular weight is 837 g/mol. The van der Waals surface area contributed by atoms with E-state index in [1.165, 1.54) is 103 Å². The highest BCUT2D eigenvalue weighted by Crippen LogP contribution is 2.48. The molecule has 294 valence electrons. The summed E-state index contributed by atoms with van der Waals surface area (Å²) < 4.78 is 4.81. The molecule has 2 nitrogen and oxygen atoms in total. The van der Waals surface area contributed by atoms with Gasteiger partial charge in [-0.2, -0.15) is 0 Å². The second-order valence-electron chi connectivity index (χ2n) is 16.4. The van der Waals surface area contributed by atoms with E-state index in [4.69, 9.17) is 0 Å². The van der Waals surface area contributed by atoms with Gasteiger partial charge in [0.1, 0.15) is 0 Å². The van der Waals surface area contributed by atoms with Crippen LogP contribution in [-0.4, -0.2) is 15.8 Å². The van der Waals surface area contributed by atoms with Gasteiger partial charge in [0.2, 0.25) is 6.71 Å². The zero-order chi connectivity index (χ0) is 41.4. The molecule has 5 heteroatoms. The van der Waals surface area contributed by atoms with Crippen LogP contribution in [0.3, 0.4) is 0 Å². The van der Waals surface area contributed by atoms with E-state index in [0.29, 0.717) is 0 Å². The SMILES string of the molecule is c1ccc(-c2cc3ccccc3n2-c2ccc(-c3cc(-c4ccc(-n5c(-c6ccccc6)cc6ccccc65)cc4)c4c5c3Sc3ccccc3B5c3ccccc3S4)cc2)cc1. The Labute approximate surface area is 375 Å². The maximum absolute atomic E-state index is 2.48. The fourth-order valence-corrected chi connectivity index (χ4v) is 12.6. The molecule has 0 spiro atoms. The Morgan fingerprint density at radius 1 is 0.333 bits per heavy atom. The van der Waals surface area contributed by atoms with Crippen LogP contribution in [-0.2, 0) is 0 Å². The van der Waals surface area contributed by atoms with E-state index in [2.05, 4.69) is 234 Å². The van der Waals surface area contributed by atoms with Crippen LogP contribution in [0.4, 0.5) is 0 Å². The molecule has 2 aliphatic rings. The van der Waals surface area contributed by atoms with Gasteiger partial charge < -0.3 is 9.13 Å². The van der Waals surface area contributed by atoms with Crippen molar-refractivity contribution in [2.75, 3.05) is 0 Å². The molecule has 9 aromatic carbocycles. The fraction of sp³-hybridized carbons (Fsp3) is 0. The molecule has 0 fully saturated rings. The topological polar surface area (TPSA) is 9.86 Å². The second-order valence-corrected chi connectivity index (χ2v) is 18.5. The number of hydrogen-bond donors (Lipinski definition) is 0. The molecule has 13 rings (SSSR count). The van der Waals surface area contributed by atoms with Crippen LogP contribution in [0.25, 0.3) is 77.9 Å². The molecule has 0 amide bonds. The molecule has 63 heavy (non-hydrogen) atoms. The van der Waals surface area contributed by atoms with E-state index in [9.17, 15) is 0 Å². The van der Waals surface area contributed by atoms with Gasteiger partial charge in [-0.1, -0.05) is 192 Å². The quantitative estimate of drug-likeness (QED) is 0.154. The minimum absolute atomic E-state index is 0.140. The molecular formula is C58H37BN2S2. The Kier molecular flexibility index (Phi) is 8.53. The number of aromatic nitrogens is 2. The first-order valence-electron chi connectivity index (χ1n) is 21.5. The molecule has 0 bridgehead atoms. The van der Waals surface area contributed by atoms with Gasteiger partial charge >= 0.3 is 0 Å². The third-order valence-electron chi connectivity index (χ3n) is 12.9. The van der Waals surface area contributed by atoms with Crippen LogP contribution in [0.2, 0.25) is 0 Å². The maximum atomic E-state index is 2.48. The maximum Gasteiger partial charge on any atom is 0.247 e. The zero-order valence-corrected chi connectivity index (χ0v) is 35.8. The second kappa shape index (κ2) is 14.7. The van der Waals surface area contributed by atoms with Crippen LogP contribution in [0.1, 0.15) is 0 Å². The minimum atomic E-state index is 0.140. The van der Waals surface area contributed by atoms with Gasteiger partial charge in [-0.25, -0.2) is 0 Å². The zero-order valence-electron chi connectivity index (χ0n) is 34.2. The summed E-state index contributed by atoms with van der Waals surface area (Å²) in [6.07, 6.45) is 0. The van der Waals surface area contributed by atoms with E-state index in [0.717, 1.165) is 11.4 Å². The first-order valence-corrected chi connectivity index (χ1v) is 23.2. The summed E-state index contributed by atoms with van der Waals surface area (Å²) in [5.74, 6) is 0. The van der Waals surface area contributed by atoms with Crippen molar-refractivity contribution in [3.05, 3.63) is 224 Å². The van der Waals surface area contributed by atoms with E-state index in [1.807, 2.05) is 23.5 Å². The lowest BCUT2D eigenvalue weighted by atomic mass is 9.36. The smallest absolute Gasteiger partial charge is 0.247 e. The average Bonchev–Trinajstić information content (AvgIpc) is 3.94. The molecule has 0 aliphatic carbocycles. The molecule has 4 heterocycles. The van der Waals surface area contributed by atoms with Crippen molar-refractivity contribution >= 4 is 68.4 Å². The van der Waals surface area contributed by atoms with Gasteiger partial charge in [0.05, 0.1) is 22.4 Å². The van der Waals surface area contributed by atoms with Crippen LogP contribution in [0.15, 0.2) is 244 Å². The molecule has 0 saturated carbocycles. The lowest BCUT2D eigenvalue weighted by Gasteiger charge is -2.35. The van der Waals surface area contributed by atoms with Gasteiger partial charge in [-0.15, -0.1) is 0 Å². The molecular weight excluding hydrogens is 800 g/mol. The molecule has 2 aliphatic heterocycles. The third-order valence-corrected chi connectivity index (χ3v) is 15.3. The number of hydrogen-bond acceptors (Lipinski definition) is 2. The number of para-hydroxylation sites is 2. The van der Waals surface area contributed by atoms with Crippen molar-refractivity contribution in [3.63, 3.8) is 0 Å². The summed E-state index contributed by atoms with van der Waals surface area (Å²) in [5.41, 5.74) is 18.7. The van der Waals surface area contributed by atoms with E-state index < -0.39 is 0 Å². The van der Waals surface area contributed by atoms with Gasteiger partial charge in [0.15, 0.2) is 0 Å². The predicted molar refractivity (Wildman–Crippen MR) is 268 cm³/mol. The number of nitrogens with zero attached hydrogens (tertiary/aromatic N) is 2. The molecule has 0 radical (unpaired) electrons. The van der Waals surface area contributed by atoms with E-state index in [-0.39, 0.29) is 6.71 Å². The molecule has 0 N–H and O–H groups in total. The highest BCUT2D eigenvalue weighted by Gasteiger charge is 2.40. The third kappa shape index (κ3) is 5.91. The van der Waals surface area contributed by atoms with Crippen LogP contribution >= 0.6 is 23.5 Å². The summed E-state index contributed by atoms with van der Waals surface area (Å²) in [5, 5.41) is 2.46. The Morgan fingerprint density at radius 2 is 0.730 bits per heavy atom. The van der Waals surface area contributed by atoms with Crippen molar-refractivity contribution in [2.24, 2.45) is 0 Å². The number of fused-ring (bicyclic) bond motifs is 6. The Balaban J connectivity index is 0.998. The molecule has 0 saturated heterocycles. The standard InChI is InChI=1S/C58H37BN2S2/c1-3-15-40(16-4-1)52-35-42-19-7-11-23-50(42)60(52)44-31-27-38(28-32-44)46-37-47(58-56-57(46)62-54-25-13-9-21-48(54)59(56)49-22-10-14-26-55(49)63-58)39-29-33-45(34-30-39)61-51-24-12-8-20-43(51)36-53(61)41-17-5-2-6-18-41/h1-37H. The lowest BCUT2D eigenvalue weighted by molar-refractivity contribution is 1.13. The van der Waals surface area contributed by atoms with Crippen molar-refractivity contribution in [2.45, 2.75) is 19.6 Å². The predicted octanol–water partition coefficient (Wildman–Crippen LogP) is 13.7. The van der Waals surface area contributed by atoms with Crippen molar-refractivity contribution in [3.8, 4) is 56.1 Å². The molecule has 2 aromatic heterocycles. The van der Waals surface area contributed by atoms with E-state index in [1.54, 1.807) is 0 Å². The number of rotatable bonds is 6. The molecule has 0 unspecified atom stereocenters. The van der Waals surface area contributed by atoms with Crippen molar-refractivity contribution < 1.29 is 0 Å². The summed E-state index contributed by atoms with van der Waals surface area (Å²) in [7, 11) is 0. The monoisotopic (exact) mass is 836 g/mol. The molecule has 11 aromatic rings. The first kappa shape index (κ1) is 36.5. The van der Waals surface area contributed by atoms with E-state index >= 15 is 0 Å². The van der Waals surface area contributed by atoms with Crippen molar-refractivity contribution in [1.82, 2.24) is 9.13 Å². The van der Waals surface area contributed by atoms with Gasteiger partial charge in [0.25, 0.3) is 0 Å². The molecule has 0 atom stereocenters. The Hall–Kier alpha value is -7.18. The van der Waals surface area contributed by atoms with Crippen LogP contribution < -0.4 is 16.4 Å². The largest absolute Gasteiger partial charge is 0.309 e. The van der Waals surface area contributed by atoms with Crippen LogP contribution in [0.5, 0.6) is 0 Å². The Bertz CT molecular complexity index is 3320. The number of benzene rings is 9. The highest BCUT2D eigenvalue weighted by atomic mass is 32.2. The van der Waals surface area contributed by atoms with Gasteiger partial charge in [0, 0.05) is 41.7 Å². The first-order chi connectivity index (χ1) is 31.2. The van der Waals surface area contributed by atoms with Gasteiger partial charge in [-0.05, 0) is 106 Å². The summed E-state index contributed by atoms with van der Waals surface area (Å²) in [4.78, 5) is 5.37. The van der Waals surface area contributed by atoms with Gasteiger partial charge in [-0.3, -0.25) is 0 Å². The van der Waals surface area contributed by atoms with Crippen molar-refractivity contribution in [1.29, 1.82) is 0 Å². The summed E-state index contributed by atoms with van der Waals surface area (Å²) >= 11 is 3.87. The highest BCUT2D eigenvalue weighted by molar-refractivity contribution is 8.01. The normalized spacial score (nSPS) is 12.6. The summed E-state index contributed by atoms with van der Waals surface area (Å²) in [6, 6.07) is 82.7. The fourth-order valence-electron chi connectivity index (χ4n) is 9.99. The lowest BCUT2D eigenvalue weighted by Crippen LogP contribution is -2.58.